The molecule has 1 saturated heterocycles. The van der Waals surface area contributed by atoms with Crippen LogP contribution in [0, 0.1) is 12.8 Å². The van der Waals surface area contributed by atoms with E-state index in [1.54, 1.807) is 25.3 Å². The molecule has 5 nitrogen and oxygen atoms in total. The topological polar surface area (TPSA) is 49.3 Å². The molecule has 0 aliphatic carbocycles. The molecule has 0 radical (unpaired) electrons. The average Bonchev–Trinajstić information content (AvgIpc) is 2.77. The van der Waals surface area contributed by atoms with Gasteiger partial charge in [0.05, 0.1) is 5.92 Å². The van der Waals surface area contributed by atoms with Crippen molar-refractivity contribution in [1.82, 2.24) is 14.9 Å². The Balaban J connectivity index is 2.05. The molecule has 5 heteroatoms. The smallest absolute Gasteiger partial charge is 0.227 e. The molecule has 0 unspecified atom stereocenters. The maximum atomic E-state index is 11.9. The van der Waals surface area contributed by atoms with E-state index in [-0.39, 0.29) is 11.8 Å². The fraction of sp³-hybridized carbons (Fsp3) is 0.583. The van der Waals surface area contributed by atoms with Crippen molar-refractivity contribution in [1.29, 1.82) is 0 Å². The van der Waals surface area contributed by atoms with Crippen LogP contribution < -0.4 is 4.90 Å². The SMILES string of the molecule is Cc1cc(N2CC[C@@H](C(=O)N(C)C)C2)ncn1. The van der Waals surface area contributed by atoms with E-state index >= 15 is 0 Å². The quantitative estimate of drug-likeness (QED) is 0.756. The maximum absolute atomic E-state index is 11.9. The summed E-state index contributed by atoms with van der Waals surface area (Å²) in [7, 11) is 3.61. The summed E-state index contributed by atoms with van der Waals surface area (Å²) in [6.07, 6.45) is 2.48. The zero-order valence-electron chi connectivity index (χ0n) is 10.6. The summed E-state index contributed by atoms with van der Waals surface area (Å²) >= 11 is 0. The van der Waals surface area contributed by atoms with Crippen molar-refractivity contribution in [3.8, 4) is 0 Å². The Morgan fingerprint density at radius 2 is 2.24 bits per heavy atom. The number of nitrogens with zero attached hydrogens (tertiary/aromatic N) is 4. The van der Waals surface area contributed by atoms with E-state index in [1.807, 2.05) is 13.0 Å². The van der Waals surface area contributed by atoms with Crippen molar-refractivity contribution in [3.05, 3.63) is 18.1 Å². The van der Waals surface area contributed by atoms with Gasteiger partial charge >= 0.3 is 0 Å². The van der Waals surface area contributed by atoms with Crippen molar-refractivity contribution in [3.63, 3.8) is 0 Å². The number of carbonyl (C=O) groups excluding carboxylic acids is 1. The number of aromatic nitrogens is 2. The molecule has 1 aromatic rings. The molecule has 1 fully saturated rings. The van der Waals surface area contributed by atoms with Gasteiger partial charge in [0.25, 0.3) is 0 Å². The van der Waals surface area contributed by atoms with E-state index in [0.29, 0.717) is 0 Å². The summed E-state index contributed by atoms with van der Waals surface area (Å²) in [6.45, 7) is 3.60. The van der Waals surface area contributed by atoms with Gasteiger partial charge in [0.2, 0.25) is 5.91 Å². The Labute approximate surface area is 101 Å². The van der Waals surface area contributed by atoms with Crippen LogP contribution in [0.15, 0.2) is 12.4 Å². The molecule has 0 N–H and O–H groups in total. The van der Waals surface area contributed by atoms with E-state index < -0.39 is 0 Å². The molecule has 0 bridgehead atoms. The minimum absolute atomic E-state index is 0.0975. The number of rotatable bonds is 2. The molecule has 92 valence electrons. The minimum atomic E-state index is 0.0975. The van der Waals surface area contributed by atoms with E-state index in [4.69, 9.17) is 0 Å². The molecule has 1 amide bonds. The first-order chi connectivity index (χ1) is 8.08. The van der Waals surface area contributed by atoms with Gasteiger partial charge in [-0.2, -0.15) is 0 Å². The Morgan fingerprint density at radius 3 is 2.88 bits per heavy atom. The molecule has 2 rings (SSSR count). The van der Waals surface area contributed by atoms with Gasteiger partial charge in [-0.1, -0.05) is 0 Å². The van der Waals surface area contributed by atoms with Gasteiger partial charge in [0.15, 0.2) is 0 Å². The lowest BCUT2D eigenvalue weighted by Gasteiger charge is -2.19. The summed E-state index contributed by atoms with van der Waals surface area (Å²) < 4.78 is 0. The Kier molecular flexibility index (Phi) is 3.26. The molecule has 1 atom stereocenters. The number of hydrogen-bond donors (Lipinski definition) is 0. The molecule has 0 saturated carbocycles. The van der Waals surface area contributed by atoms with Crippen LogP contribution in [0.5, 0.6) is 0 Å². The second-order valence-electron chi connectivity index (χ2n) is 4.68. The highest BCUT2D eigenvalue weighted by molar-refractivity contribution is 5.79. The zero-order chi connectivity index (χ0) is 12.4. The Hall–Kier alpha value is -1.65. The van der Waals surface area contributed by atoms with Crippen LogP contribution in [-0.2, 0) is 4.79 Å². The molecule has 2 heterocycles. The monoisotopic (exact) mass is 234 g/mol. The second-order valence-corrected chi connectivity index (χ2v) is 4.68. The first kappa shape index (κ1) is 11.8. The molecule has 1 aromatic heterocycles. The van der Waals surface area contributed by atoms with E-state index in [1.165, 1.54) is 0 Å². The molecule has 0 spiro atoms. The summed E-state index contributed by atoms with van der Waals surface area (Å²) in [5.41, 5.74) is 0.956. The van der Waals surface area contributed by atoms with Gasteiger partial charge in [0, 0.05) is 38.9 Å². The number of carbonyl (C=O) groups is 1. The van der Waals surface area contributed by atoms with Crippen molar-refractivity contribution in [2.24, 2.45) is 5.92 Å². The van der Waals surface area contributed by atoms with Crippen molar-refractivity contribution >= 4 is 11.7 Å². The van der Waals surface area contributed by atoms with Gasteiger partial charge < -0.3 is 9.80 Å². The van der Waals surface area contributed by atoms with Crippen LogP contribution in [0.25, 0.3) is 0 Å². The standard InChI is InChI=1S/C12H18N4O/c1-9-6-11(14-8-13-9)16-5-4-10(7-16)12(17)15(2)3/h6,8,10H,4-5,7H2,1-3H3/t10-/m1/s1. The molecule has 1 aliphatic heterocycles. The molecule has 17 heavy (non-hydrogen) atoms. The van der Waals surface area contributed by atoms with Crippen LogP contribution in [-0.4, -0.2) is 48.0 Å². The van der Waals surface area contributed by atoms with Crippen molar-refractivity contribution in [2.75, 3.05) is 32.1 Å². The second kappa shape index (κ2) is 4.69. The first-order valence-corrected chi connectivity index (χ1v) is 5.82. The summed E-state index contributed by atoms with van der Waals surface area (Å²) in [5.74, 6) is 1.23. The molecule has 0 aromatic carbocycles. The largest absolute Gasteiger partial charge is 0.356 e. The van der Waals surface area contributed by atoms with Crippen LogP contribution in [0.2, 0.25) is 0 Å². The number of hydrogen-bond acceptors (Lipinski definition) is 4. The lowest BCUT2D eigenvalue weighted by atomic mass is 10.1. The predicted octanol–water partition coefficient (Wildman–Crippen LogP) is 0.700. The fourth-order valence-corrected chi connectivity index (χ4v) is 2.15. The van der Waals surface area contributed by atoms with Gasteiger partial charge in [-0.25, -0.2) is 9.97 Å². The van der Waals surface area contributed by atoms with E-state index in [2.05, 4.69) is 14.9 Å². The Bertz CT molecular complexity index is 419. The molecule has 1 aliphatic rings. The maximum Gasteiger partial charge on any atom is 0.227 e. The van der Waals surface area contributed by atoms with Gasteiger partial charge in [-0.15, -0.1) is 0 Å². The van der Waals surface area contributed by atoms with E-state index in [9.17, 15) is 4.79 Å². The highest BCUT2D eigenvalue weighted by atomic mass is 16.2. The minimum Gasteiger partial charge on any atom is -0.356 e. The number of anilines is 1. The average molecular weight is 234 g/mol. The van der Waals surface area contributed by atoms with Crippen LogP contribution in [0.4, 0.5) is 5.82 Å². The number of aryl methyl sites for hydroxylation is 1. The van der Waals surface area contributed by atoms with Crippen LogP contribution in [0.1, 0.15) is 12.1 Å². The summed E-state index contributed by atoms with van der Waals surface area (Å²) in [5, 5.41) is 0. The molecular formula is C12H18N4O. The highest BCUT2D eigenvalue weighted by Gasteiger charge is 2.29. The highest BCUT2D eigenvalue weighted by Crippen LogP contribution is 2.23. The number of amides is 1. The van der Waals surface area contributed by atoms with Gasteiger partial charge in [0.1, 0.15) is 12.1 Å². The summed E-state index contributed by atoms with van der Waals surface area (Å²) in [4.78, 5) is 24.0. The van der Waals surface area contributed by atoms with Crippen molar-refractivity contribution in [2.45, 2.75) is 13.3 Å². The normalized spacial score (nSPS) is 19.5. The predicted molar refractivity (Wildman–Crippen MR) is 65.8 cm³/mol. The van der Waals surface area contributed by atoms with Crippen LogP contribution in [0.3, 0.4) is 0 Å². The zero-order valence-corrected chi connectivity index (χ0v) is 10.6. The Morgan fingerprint density at radius 1 is 1.47 bits per heavy atom. The lowest BCUT2D eigenvalue weighted by molar-refractivity contribution is -0.132. The first-order valence-electron chi connectivity index (χ1n) is 5.82. The third-order valence-corrected chi connectivity index (χ3v) is 3.09. The lowest BCUT2D eigenvalue weighted by Crippen LogP contribution is -2.32. The van der Waals surface area contributed by atoms with E-state index in [0.717, 1.165) is 31.0 Å². The fourth-order valence-electron chi connectivity index (χ4n) is 2.15. The van der Waals surface area contributed by atoms with Gasteiger partial charge in [-0.3, -0.25) is 4.79 Å². The van der Waals surface area contributed by atoms with Crippen molar-refractivity contribution < 1.29 is 4.79 Å². The third kappa shape index (κ3) is 2.54. The third-order valence-electron chi connectivity index (χ3n) is 3.09. The molecular weight excluding hydrogens is 216 g/mol. The summed E-state index contributed by atoms with van der Waals surface area (Å²) in [6, 6.07) is 1.96. The van der Waals surface area contributed by atoms with Gasteiger partial charge in [-0.05, 0) is 13.3 Å². The van der Waals surface area contributed by atoms with Crippen LogP contribution >= 0.6 is 0 Å².